The Morgan fingerprint density at radius 1 is 1.08 bits per heavy atom. The number of hydrogen-bond donors (Lipinski definition) is 1. The van der Waals surface area contributed by atoms with Crippen LogP contribution in [0.4, 0.5) is 0 Å². The number of aliphatic hydroxyl groups is 1. The van der Waals surface area contributed by atoms with Gasteiger partial charge in [0.25, 0.3) is 0 Å². The summed E-state index contributed by atoms with van der Waals surface area (Å²) >= 11 is 0. The molecule has 3 aromatic rings. The lowest BCUT2D eigenvalue weighted by atomic mass is 10.1. The molecule has 0 spiro atoms. The summed E-state index contributed by atoms with van der Waals surface area (Å²) < 4.78 is 11.3. The summed E-state index contributed by atoms with van der Waals surface area (Å²) in [6.45, 7) is 2.87. The quantitative estimate of drug-likeness (QED) is 0.693. The minimum absolute atomic E-state index is 0.143. The van der Waals surface area contributed by atoms with Crippen molar-refractivity contribution in [3.05, 3.63) is 59.5 Å². The molecule has 2 aromatic carbocycles. The number of fused-ring (bicyclic) bond motifs is 1. The fourth-order valence-electron chi connectivity index (χ4n) is 2.73. The van der Waals surface area contributed by atoms with Gasteiger partial charge < -0.3 is 14.3 Å². The highest BCUT2D eigenvalue weighted by atomic mass is 16.5. The van der Waals surface area contributed by atoms with Crippen molar-refractivity contribution < 1.29 is 14.3 Å². The lowest BCUT2D eigenvalue weighted by Gasteiger charge is -2.07. The van der Waals surface area contributed by atoms with Crippen LogP contribution in [0.3, 0.4) is 0 Å². The van der Waals surface area contributed by atoms with Crippen molar-refractivity contribution in [2.24, 2.45) is 4.99 Å². The van der Waals surface area contributed by atoms with Crippen molar-refractivity contribution >= 4 is 11.0 Å². The minimum atomic E-state index is 0.143. The summed E-state index contributed by atoms with van der Waals surface area (Å²) in [7, 11) is 1.65. The average molecular weight is 337 g/mol. The highest BCUT2D eigenvalue weighted by Gasteiger charge is 2.07. The lowest BCUT2D eigenvalue weighted by Crippen LogP contribution is -2.06. The Morgan fingerprint density at radius 2 is 1.88 bits per heavy atom. The van der Waals surface area contributed by atoms with Gasteiger partial charge in [-0.15, -0.1) is 0 Å². The van der Waals surface area contributed by atoms with Crippen LogP contribution >= 0.6 is 0 Å². The number of methoxy groups -OCH3 is 1. The molecule has 0 aliphatic carbocycles. The molecule has 0 fully saturated rings. The number of aryl methyl sites for hydroxylation is 1. The lowest BCUT2D eigenvalue weighted by molar-refractivity contribution is 0.291. The van der Waals surface area contributed by atoms with Crippen molar-refractivity contribution in [1.82, 2.24) is 0 Å². The minimum Gasteiger partial charge on any atom is -0.497 e. The highest BCUT2D eigenvalue weighted by Crippen LogP contribution is 2.25. The Hall–Kier alpha value is -2.59. The first-order chi connectivity index (χ1) is 12.2. The van der Waals surface area contributed by atoms with Gasteiger partial charge in [0.1, 0.15) is 17.1 Å². The van der Waals surface area contributed by atoms with E-state index in [-0.39, 0.29) is 6.61 Å². The van der Waals surface area contributed by atoms with Gasteiger partial charge >= 0.3 is 0 Å². The first-order valence-electron chi connectivity index (χ1n) is 8.57. The van der Waals surface area contributed by atoms with Gasteiger partial charge in [-0.2, -0.15) is 0 Å². The monoisotopic (exact) mass is 337 g/mol. The smallest absolute Gasteiger partial charge is 0.136 e. The summed E-state index contributed by atoms with van der Waals surface area (Å²) in [5.41, 5.74) is 3.03. The van der Waals surface area contributed by atoms with E-state index in [0.717, 1.165) is 39.8 Å². The molecule has 0 aliphatic heterocycles. The number of hydrogen-bond acceptors (Lipinski definition) is 4. The summed E-state index contributed by atoms with van der Waals surface area (Å²) in [6.07, 6.45) is 1.62. The van der Waals surface area contributed by atoms with Gasteiger partial charge in [-0.1, -0.05) is 13.0 Å². The van der Waals surface area contributed by atoms with Gasteiger partial charge in [-0.3, -0.25) is 4.99 Å². The summed E-state index contributed by atoms with van der Waals surface area (Å²) in [5, 5.41) is 10.9. The van der Waals surface area contributed by atoms with Crippen molar-refractivity contribution in [2.45, 2.75) is 19.8 Å². The van der Waals surface area contributed by atoms with Crippen LogP contribution in [0.1, 0.15) is 18.9 Å². The van der Waals surface area contributed by atoms with Crippen molar-refractivity contribution in [3.63, 3.8) is 0 Å². The second kappa shape index (κ2) is 7.99. The topological polar surface area (TPSA) is 55.0 Å². The van der Waals surface area contributed by atoms with Crippen LogP contribution < -0.4 is 10.1 Å². The molecule has 0 bridgehead atoms. The summed E-state index contributed by atoms with van der Waals surface area (Å²) in [4.78, 5) is 4.67. The molecule has 4 heteroatoms. The first-order valence-corrected chi connectivity index (χ1v) is 8.57. The molecule has 130 valence electrons. The van der Waals surface area contributed by atoms with Crippen LogP contribution in [0, 0.1) is 0 Å². The number of benzene rings is 2. The van der Waals surface area contributed by atoms with Crippen molar-refractivity contribution in [2.75, 3.05) is 20.3 Å². The maximum Gasteiger partial charge on any atom is 0.136 e. The van der Waals surface area contributed by atoms with E-state index in [1.807, 2.05) is 36.4 Å². The molecule has 1 N–H and O–H groups in total. The standard InChI is InChI=1S/C21H23NO3/c1-3-15-5-10-20-18(13-15)19(22-11-4-12-23)14-21(25-20)16-6-8-17(24-2)9-7-16/h5-10,13-14,23H,3-4,11-12H2,1-2H3. The Balaban J connectivity index is 2.14. The van der Waals surface area contributed by atoms with Crippen molar-refractivity contribution in [3.8, 4) is 17.1 Å². The molecule has 0 radical (unpaired) electrons. The zero-order valence-electron chi connectivity index (χ0n) is 14.7. The van der Waals surface area contributed by atoms with E-state index in [1.54, 1.807) is 7.11 Å². The maximum atomic E-state index is 9.03. The molecule has 0 saturated heterocycles. The van der Waals surface area contributed by atoms with Crippen molar-refractivity contribution in [1.29, 1.82) is 0 Å². The van der Waals surface area contributed by atoms with Gasteiger partial charge in [0.05, 0.1) is 12.5 Å². The zero-order chi connectivity index (χ0) is 17.6. The van der Waals surface area contributed by atoms with Gasteiger partial charge in [0.2, 0.25) is 0 Å². The Labute approximate surface area is 147 Å². The number of ether oxygens (including phenoxy) is 1. The van der Waals surface area contributed by atoms with Gasteiger partial charge in [-0.25, -0.2) is 0 Å². The molecular formula is C21H23NO3. The number of aliphatic hydroxyl groups excluding tert-OH is 1. The highest BCUT2D eigenvalue weighted by molar-refractivity contribution is 5.79. The molecule has 0 aliphatic rings. The molecule has 0 atom stereocenters. The fraction of sp³-hybridized carbons (Fsp3) is 0.286. The zero-order valence-corrected chi connectivity index (χ0v) is 14.7. The van der Waals surface area contributed by atoms with E-state index in [2.05, 4.69) is 24.0 Å². The predicted molar refractivity (Wildman–Crippen MR) is 99.7 cm³/mol. The van der Waals surface area contributed by atoms with E-state index in [1.165, 1.54) is 5.56 Å². The Morgan fingerprint density at radius 3 is 2.56 bits per heavy atom. The molecule has 0 amide bonds. The van der Waals surface area contributed by atoms with E-state index in [4.69, 9.17) is 14.3 Å². The largest absolute Gasteiger partial charge is 0.497 e. The third kappa shape index (κ3) is 3.91. The van der Waals surface area contributed by atoms with Gasteiger partial charge in [-0.05, 0) is 54.8 Å². The molecule has 4 nitrogen and oxygen atoms in total. The summed E-state index contributed by atoms with van der Waals surface area (Å²) in [5.74, 6) is 1.58. The van der Waals surface area contributed by atoms with Gasteiger partial charge in [0, 0.05) is 30.2 Å². The first kappa shape index (κ1) is 17.2. The second-order valence-corrected chi connectivity index (χ2v) is 5.87. The Kier molecular flexibility index (Phi) is 5.51. The van der Waals surface area contributed by atoms with Crippen LogP contribution in [0.15, 0.2) is 57.9 Å². The van der Waals surface area contributed by atoms with E-state index in [9.17, 15) is 0 Å². The normalized spacial score (nSPS) is 11.9. The Bertz CT molecular complexity index is 911. The fourth-order valence-corrected chi connectivity index (χ4v) is 2.73. The molecule has 1 heterocycles. The molecular weight excluding hydrogens is 314 g/mol. The molecule has 25 heavy (non-hydrogen) atoms. The third-order valence-corrected chi connectivity index (χ3v) is 4.19. The average Bonchev–Trinajstić information content (AvgIpc) is 2.67. The summed E-state index contributed by atoms with van der Waals surface area (Å²) in [6, 6.07) is 16.0. The van der Waals surface area contributed by atoms with Crippen LogP contribution in [0.25, 0.3) is 22.3 Å². The van der Waals surface area contributed by atoms with Crippen LogP contribution in [0.5, 0.6) is 5.75 Å². The van der Waals surface area contributed by atoms with Crippen LogP contribution in [0.2, 0.25) is 0 Å². The predicted octanol–water partition coefficient (Wildman–Crippen LogP) is 3.95. The van der Waals surface area contributed by atoms with E-state index >= 15 is 0 Å². The maximum absolute atomic E-state index is 9.03. The van der Waals surface area contributed by atoms with E-state index in [0.29, 0.717) is 13.0 Å². The third-order valence-electron chi connectivity index (χ3n) is 4.19. The van der Waals surface area contributed by atoms with E-state index < -0.39 is 0 Å². The van der Waals surface area contributed by atoms with Crippen LogP contribution in [-0.4, -0.2) is 25.4 Å². The number of nitrogens with zero attached hydrogens (tertiary/aromatic N) is 1. The second-order valence-electron chi connectivity index (χ2n) is 5.87. The molecule has 0 unspecified atom stereocenters. The molecule has 3 rings (SSSR count). The molecule has 1 aromatic heterocycles. The SMILES string of the molecule is CCc1ccc2oc(-c3ccc(OC)cc3)cc(=NCCCO)c2c1. The van der Waals surface area contributed by atoms with Crippen LogP contribution in [-0.2, 0) is 6.42 Å². The molecule has 0 saturated carbocycles. The number of rotatable bonds is 6. The van der Waals surface area contributed by atoms with Gasteiger partial charge in [0.15, 0.2) is 0 Å².